The first-order chi connectivity index (χ1) is 13.4. The van der Waals surface area contributed by atoms with E-state index < -0.39 is 31.7 Å². The number of hydrogen-bond donors (Lipinski definition) is 4. The molecule has 0 amide bonds. The fourth-order valence-corrected chi connectivity index (χ4v) is 3.94. The highest BCUT2D eigenvalue weighted by Gasteiger charge is 2.43. The van der Waals surface area contributed by atoms with Gasteiger partial charge in [-0.25, -0.2) is 0 Å². The van der Waals surface area contributed by atoms with Crippen LogP contribution in [0.4, 0.5) is 0 Å². The maximum Gasteiger partial charge on any atom is 0.492 e. The molecule has 1 aromatic carbocycles. The van der Waals surface area contributed by atoms with E-state index >= 15 is 0 Å². The highest BCUT2D eigenvalue weighted by atomic mass is 16.4. The van der Waals surface area contributed by atoms with Crippen molar-refractivity contribution in [3.05, 3.63) is 87.4 Å². The van der Waals surface area contributed by atoms with Gasteiger partial charge >= 0.3 is 14.2 Å². The molecular formula is C20H16B2O6. The Balaban J connectivity index is 1.96. The second-order valence-corrected chi connectivity index (χ2v) is 6.85. The second kappa shape index (κ2) is 7.00. The molecule has 0 saturated carbocycles. The quantitative estimate of drug-likeness (QED) is 0.572. The lowest BCUT2D eigenvalue weighted by Crippen LogP contribution is -2.36. The van der Waals surface area contributed by atoms with Gasteiger partial charge in [0.2, 0.25) is 0 Å². The standard InChI is InChI=1S/C20H16B2O6/c23-19-15(21(25)26)9-11-5-1-3-7-13(11)17(19)18-14-8-4-2-6-12(14)10-16(20(18)24)22(27)28/h1-7,9-10,17,25-28H,8H2. The highest BCUT2D eigenvalue weighted by Crippen LogP contribution is 2.43. The Kier molecular flexibility index (Phi) is 4.64. The minimum atomic E-state index is -1.98. The highest BCUT2D eigenvalue weighted by molar-refractivity contribution is 6.62. The third-order valence-electron chi connectivity index (χ3n) is 5.23. The molecule has 3 aliphatic carbocycles. The van der Waals surface area contributed by atoms with E-state index in [2.05, 4.69) is 0 Å². The Morgan fingerprint density at radius 2 is 1.64 bits per heavy atom. The average Bonchev–Trinajstić information content (AvgIpc) is 2.67. The van der Waals surface area contributed by atoms with Crippen molar-refractivity contribution in [2.75, 3.05) is 0 Å². The van der Waals surface area contributed by atoms with E-state index in [1.807, 2.05) is 6.08 Å². The summed E-state index contributed by atoms with van der Waals surface area (Å²) in [5.74, 6) is -2.27. The zero-order chi connectivity index (χ0) is 20.0. The van der Waals surface area contributed by atoms with Gasteiger partial charge in [-0.3, -0.25) is 9.59 Å². The summed E-state index contributed by atoms with van der Waals surface area (Å²) in [6, 6.07) is 6.93. The van der Waals surface area contributed by atoms with Crippen molar-refractivity contribution in [3.63, 3.8) is 0 Å². The maximum absolute atomic E-state index is 13.2. The zero-order valence-corrected chi connectivity index (χ0v) is 14.7. The predicted octanol–water partition coefficient (Wildman–Crippen LogP) is 0.452. The van der Waals surface area contributed by atoms with E-state index in [1.54, 1.807) is 36.4 Å². The summed E-state index contributed by atoms with van der Waals surface area (Å²) in [5.41, 5.74) is 2.15. The number of carbonyl (C=O) groups is 2. The molecule has 4 rings (SSSR count). The van der Waals surface area contributed by atoms with Crippen LogP contribution in [0.1, 0.15) is 23.5 Å². The molecule has 0 fully saturated rings. The molecule has 0 spiro atoms. The lowest BCUT2D eigenvalue weighted by atomic mass is 9.61. The molecule has 0 radical (unpaired) electrons. The SMILES string of the molecule is O=C1C(B(O)O)=CC2=CC=CCC2=C1C1C(=O)C(B(O)O)=Cc2ccccc21. The van der Waals surface area contributed by atoms with Crippen LogP contribution >= 0.6 is 0 Å². The Labute approximate surface area is 161 Å². The summed E-state index contributed by atoms with van der Waals surface area (Å²) in [4.78, 5) is 26.3. The molecule has 1 aromatic rings. The van der Waals surface area contributed by atoms with E-state index in [4.69, 9.17) is 0 Å². The first-order valence-corrected chi connectivity index (χ1v) is 8.83. The fraction of sp³-hybridized carbons (Fsp3) is 0.100. The number of benzene rings is 1. The molecule has 0 heterocycles. The number of hydrogen-bond acceptors (Lipinski definition) is 6. The molecule has 3 aliphatic rings. The number of ketones is 2. The first-order valence-electron chi connectivity index (χ1n) is 8.83. The molecule has 8 heteroatoms. The van der Waals surface area contributed by atoms with Crippen LogP contribution in [0, 0.1) is 0 Å². The van der Waals surface area contributed by atoms with Crippen LogP contribution in [-0.4, -0.2) is 45.9 Å². The molecular weight excluding hydrogens is 358 g/mol. The van der Waals surface area contributed by atoms with E-state index in [9.17, 15) is 29.7 Å². The number of carbonyl (C=O) groups excluding carboxylic acids is 2. The number of Topliss-reactive ketones (excluding diaryl/α,β-unsaturated/α-hetero) is 2. The molecule has 1 atom stereocenters. The van der Waals surface area contributed by atoms with Gasteiger partial charge in [-0.1, -0.05) is 54.6 Å². The second-order valence-electron chi connectivity index (χ2n) is 6.85. The summed E-state index contributed by atoms with van der Waals surface area (Å²) < 4.78 is 0. The molecule has 6 nitrogen and oxygen atoms in total. The fourth-order valence-electron chi connectivity index (χ4n) is 3.94. The van der Waals surface area contributed by atoms with Crippen LogP contribution in [0.2, 0.25) is 0 Å². The first kappa shape index (κ1) is 18.6. The number of allylic oxidation sites excluding steroid dienone is 9. The van der Waals surface area contributed by atoms with Crippen molar-refractivity contribution in [2.24, 2.45) is 0 Å². The van der Waals surface area contributed by atoms with Gasteiger partial charge in [0.1, 0.15) is 0 Å². The van der Waals surface area contributed by atoms with Crippen molar-refractivity contribution in [2.45, 2.75) is 12.3 Å². The van der Waals surface area contributed by atoms with Gasteiger partial charge in [-0.05, 0) is 28.7 Å². The van der Waals surface area contributed by atoms with E-state index in [-0.39, 0.29) is 16.5 Å². The topological polar surface area (TPSA) is 115 Å². The minimum Gasteiger partial charge on any atom is -0.423 e. The summed E-state index contributed by atoms with van der Waals surface area (Å²) in [7, 11) is -3.96. The van der Waals surface area contributed by atoms with Crippen LogP contribution < -0.4 is 0 Å². The normalized spacial score (nSPS) is 20.9. The van der Waals surface area contributed by atoms with Crippen molar-refractivity contribution in [1.82, 2.24) is 0 Å². The predicted molar refractivity (Wildman–Crippen MR) is 105 cm³/mol. The summed E-state index contributed by atoms with van der Waals surface area (Å²) in [6.07, 6.45) is 8.62. The van der Waals surface area contributed by atoms with E-state index in [0.29, 0.717) is 28.7 Å². The smallest absolute Gasteiger partial charge is 0.423 e. The summed E-state index contributed by atoms with van der Waals surface area (Å²) in [5, 5.41) is 38.7. The Morgan fingerprint density at radius 1 is 0.929 bits per heavy atom. The summed E-state index contributed by atoms with van der Waals surface area (Å²) >= 11 is 0. The van der Waals surface area contributed by atoms with E-state index in [0.717, 1.165) is 0 Å². The van der Waals surface area contributed by atoms with Gasteiger partial charge in [0.05, 0.1) is 5.92 Å². The van der Waals surface area contributed by atoms with Crippen LogP contribution in [0.3, 0.4) is 0 Å². The van der Waals surface area contributed by atoms with Gasteiger partial charge in [0.25, 0.3) is 0 Å². The van der Waals surface area contributed by atoms with Crippen LogP contribution in [-0.2, 0) is 9.59 Å². The molecule has 1 unspecified atom stereocenters. The lowest BCUT2D eigenvalue weighted by Gasteiger charge is -2.31. The van der Waals surface area contributed by atoms with Crippen LogP contribution in [0.15, 0.2) is 76.2 Å². The van der Waals surface area contributed by atoms with Crippen molar-refractivity contribution in [1.29, 1.82) is 0 Å². The zero-order valence-electron chi connectivity index (χ0n) is 14.7. The van der Waals surface area contributed by atoms with Gasteiger partial charge in [-0.2, -0.15) is 0 Å². The Hall–Kier alpha value is -2.77. The Bertz CT molecular complexity index is 1040. The van der Waals surface area contributed by atoms with Crippen molar-refractivity contribution in [3.8, 4) is 0 Å². The Morgan fingerprint density at radius 3 is 2.36 bits per heavy atom. The molecule has 0 aliphatic heterocycles. The van der Waals surface area contributed by atoms with Crippen LogP contribution in [0.25, 0.3) is 6.08 Å². The molecule has 138 valence electrons. The lowest BCUT2D eigenvalue weighted by molar-refractivity contribution is -0.118. The van der Waals surface area contributed by atoms with Crippen molar-refractivity contribution >= 4 is 31.9 Å². The third kappa shape index (κ3) is 2.87. The molecule has 0 aromatic heterocycles. The molecule has 0 bridgehead atoms. The van der Waals surface area contributed by atoms with E-state index in [1.165, 1.54) is 12.2 Å². The third-order valence-corrected chi connectivity index (χ3v) is 5.23. The minimum absolute atomic E-state index is 0.143. The average molecular weight is 374 g/mol. The van der Waals surface area contributed by atoms with Gasteiger partial charge in [-0.15, -0.1) is 0 Å². The summed E-state index contributed by atoms with van der Waals surface area (Å²) in [6.45, 7) is 0. The van der Waals surface area contributed by atoms with Gasteiger partial charge in [0.15, 0.2) is 11.6 Å². The van der Waals surface area contributed by atoms with Crippen molar-refractivity contribution < 1.29 is 29.7 Å². The maximum atomic E-state index is 13.2. The monoisotopic (exact) mass is 374 g/mol. The molecule has 28 heavy (non-hydrogen) atoms. The van der Waals surface area contributed by atoms with Gasteiger partial charge in [0, 0.05) is 16.5 Å². The number of rotatable bonds is 3. The number of fused-ring (bicyclic) bond motifs is 2. The molecule has 4 N–H and O–H groups in total. The molecule has 0 saturated heterocycles. The van der Waals surface area contributed by atoms with Gasteiger partial charge < -0.3 is 20.1 Å². The largest absolute Gasteiger partial charge is 0.492 e. The van der Waals surface area contributed by atoms with Crippen LogP contribution in [0.5, 0.6) is 0 Å².